The summed E-state index contributed by atoms with van der Waals surface area (Å²) in [6.45, 7) is 0.750. The Morgan fingerprint density at radius 2 is 2.06 bits per heavy atom. The standard InChI is InChI=1S/C10H8ClNO4S/c1-6(13)5-12-10(14)9-7(11)3-2-4-8(9)17(12,15)16/h2-4H,5H2,1H3. The molecule has 0 N–H and O–H groups in total. The number of nitrogens with zero attached hydrogens (tertiary/aromatic N) is 1. The summed E-state index contributed by atoms with van der Waals surface area (Å²) >= 11 is 5.80. The zero-order valence-electron chi connectivity index (χ0n) is 8.81. The van der Waals surface area contributed by atoms with Crippen molar-refractivity contribution in [3.8, 4) is 0 Å². The molecule has 0 fully saturated rings. The third-order valence-corrected chi connectivity index (χ3v) is 4.44. The molecule has 2 rings (SSSR count). The molecule has 5 nitrogen and oxygen atoms in total. The minimum atomic E-state index is -3.93. The number of rotatable bonds is 2. The van der Waals surface area contributed by atoms with Gasteiger partial charge in [0, 0.05) is 0 Å². The lowest BCUT2D eigenvalue weighted by atomic mass is 10.2. The molecule has 0 atom stereocenters. The number of Topliss-reactive ketones (excluding diaryl/α,β-unsaturated/α-hetero) is 1. The van der Waals surface area contributed by atoms with Gasteiger partial charge in [-0.1, -0.05) is 17.7 Å². The van der Waals surface area contributed by atoms with E-state index >= 15 is 0 Å². The molecule has 17 heavy (non-hydrogen) atoms. The number of carbonyl (C=O) groups excluding carboxylic acids is 2. The molecular weight excluding hydrogens is 266 g/mol. The van der Waals surface area contributed by atoms with Crippen molar-refractivity contribution < 1.29 is 18.0 Å². The summed E-state index contributed by atoms with van der Waals surface area (Å²) < 4.78 is 24.5. The van der Waals surface area contributed by atoms with Crippen LogP contribution in [0, 0.1) is 0 Å². The van der Waals surface area contributed by atoms with Crippen LogP contribution in [-0.4, -0.2) is 31.0 Å². The van der Waals surface area contributed by atoms with Crippen LogP contribution in [0.25, 0.3) is 0 Å². The average molecular weight is 274 g/mol. The molecule has 1 aliphatic rings. The molecule has 1 heterocycles. The highest BCUT2D eigenvalue weighted by molar-refractivity contribution is 7.90. The molecule has 1 aliphatic heterocycles. The van der Waals surface area contributed by atoms with E-state index in [0.717, 1.165) is 0 Å². The third-order valence-electron chi connectivity index (χ3n) is 2.35. The number of halogens is 1. The van der Waals surface area contributed by atoms with Gasteiger partial charge >= 0.3 is 0 Å². The highest BCUT2D eigenvalue weighted by Gasteiger charge is 2.42. The number of carbonyl (C=O) groups is 2. The van der Waals surface area contributed by atoms with Gasteiger partial charge in [0.15, 0.2) is 0 Å². The highest BCUT2D eigenvalue weighted by atomic mass is 35.5. The first-order valence-corrected chi connectivity index (χ1v) is 6.52. The molecule has 0 saturated carbocycles. The molecule has 0 aromatic heterocycles. The molecule has 0 aliphatic carbocycles. The Morgan fingerprint density at radius 3 is 2.59 bits per heavy atom. The SMILES string of the molecule is CC(=O)CN1C(=O)c2c(Cl)cccc2S1(=O)=O. The van der Waals surface area contributed by atoms with Gasteiger partial charge in [-0.2, -0.15) is 0 Å². The maximum Gasteiger partial charge on any atom is 0.270 e. The summed E-state index contributed by atoms with van der Waals surface area (Å²) in [5.41, 5.74) is -0.0598. The van der Waals surface area contributed by atoms with E-state index in [1.54, 1.807) is 0 Å². The van der Waals surface area contributed by atoms with Crippen molar-refractivity contribution in [2.24, 2.45) is 0 Å². The second-order valence-corrected chi connectivity index (χ2v) is 5.87. The van der Waals surface area contributed by atoms with Gasteiger partial charge in [0.1, 0.15) is 10.7 Å². The number of amides is 1. The van der Waals surface area contributed by atoms with Gasteiger partial charge < -0.3 is 0 Å². The molecule has 0 radical (unpaired) electrons. The Kier molecular flexibility index (Phi) is 2.71. The van der Waals surface area contributed by atoms with E-state index in [0.29, 0.717) is 4.31 Å². The molecule has 1 aromatic rings. The maximum atomic E-state index is 12.0. The molecule has 0 unspecified atom stereocenters. The fourth-order valence-electron chi connectivity index (χ4n) is 1.64. The molecule has 7 heteroatoms. The average Bonchev–Trinajstić information content (AvgIpc) is 2.41. The van der Waals surface area contributed by atoms with Crippen molar-refractivity contribution in [1.29, 1.82) is 0 Å². The predicted octanol–water partition coefficient (Wildman–Crippen LogP) is 1.07. The molecule has 0 spiro atoms. The van der Waals surface area contributed by atoms with Crippen molar-refractivity contribution in [2.45, 2.75) is 11.8 Å². The number of ketones is 1. The third kappa shape index (κ3) is 1.73. The summed E-state index contributed by atoms with van der Waals surface area (Å²) in [6.07, 6.45) is 0. The number of benzene rings is 1. The second kappa shape index (κ2) is 3.82. The van der Waals surface area contributed by atoms with Crippen LogP contribution in [-0.2, 0) is 14.8 Å². The number of sulfonamides is 1. The predicted molar refractivity (Wildman–Crippen MR) is 60.4 cm³/mol. The van der Waals surface area contributed by atoms with Crippen LogP contribution in [0.2, 0.25) is 5.02 Å². The van der Waals surface area contributed by atoms with Crippen LogP contribution in [0.1, 0.15) is 17.3 Å². The number of hydrogen-bond donors (Lipinski definition) is 0. The Labute approximate surface area is 103 Å². The lowest BCUT2D eigenvalue weighted by Gasteiger charge is -2.12. The van der Waals surface area contributed by atoms with Gasteiger partial charge in [0.05, 0.1) is 17.1 Å². The van der Waals surface area contributed by atoms with Crippen LogP contribution in [0.15, 0.2) is 23.1 Å². The van der Waals surface area contributed by atoms with Crippen molar-refractivity contribution in [3.05, 3.63) is 28.8 Å². The minimum Gasteiger partial charge on any atom is -0.298 e. The van der Waals surface area contributed by atoms with E-state index in [1.807, 2.05) is 0 Å². The van der Waals surface area contributed by atoms with E-state index < -0.39 is 28.3 Å². The summed E-state index contributed by atoms with van der Waals surface area (Å²) in [6, 6.07) is 4.18. The summed E-state index contributed by atoms with van der Waals surface area (Å²) in [5.74, 6) is -1.16. The lowest BCUT2D eigenvalue weighted by molar-refractivity contribution is -0.116. The van der Waals surface area contributed by atoms with Gasteiger partial charge in [-0.3, -0.25) is 9.59 Å². The van der Waals surface area contributed by atoms with Gasteiger partial charge in [-0.15, -0.1) is 0 Å². The minimum absolute atomic E-state index is 0.0598. The Balaban J connectivity index is 2.65. The van der Waals surface area contributed by atoms with Crippen LogP contribution in [0.4, 0.5) is 0 Å². The first-order chi connectivity index (χ1) is 7.85. The molecule has 1 aromatic carbocycles. The number of fused-ring (bicyclic) bond motifs is 1. The quantitative estimate of drug-likeness (QED) is 0.808. The maximum absolute atomic E-state index is 12.0. The van der Waals surface area contributed by atoms with Crippen molar-refractivity contribution in [3.63, 3.8) is 0 Å². The van der Waals surface area contributed by atoms with E-state index in [9.17, 15) is 18.0 Å². The highest BCUT2D eigenvalue weighted by Crippen LogP contribution is 2.34. The van der Waals surface area contributed by atoms with Gasteiger partial charge in [-0.25, -0.2) is 12.7 Å². The van der Waals surface area contributed by atoms with Crippen LogP contribution < -0.4 is 0 Å². The number of hydrogen-bond acceptors (Lipinski definition) is 4. The van der Waals surface area contributed by atoms with Crippen molar-refractivity contribution in [1.82, 2.24) is 4.31 Å². The first kappa shape index (κ1) is 12.1. The van der Waals surface area contributed by atoms with Gasteiger partial charge in [-0.05, 0) is 19.1 Å². The zero-order chi connectivity index (χ0) is 12.8. The lowest BCUT2D eigenvalue weighted by Crippen LogP contribution is -2.34. The normalized spacial score (nSPS) is 17.1. The first-order valence-electron chi connectivity index (χ1n) is 4.70. The van der Waals surface area contributed by atoms with Gasteiger partial charge in [0.25, 0.3) is 15.9 Å². The van der Waals surface area contributed by atoms with Crippen LogP contribution in [0.5, 0.6) is 0 Å². The summed E-state index contributed by atoms with van der Waals surface area (Å²) in [7, 11) is -3.93. The van der Waals surface area contributed by atoms with E-state index in [-0.39, 0.29) is 15.5 Å². The molecular formula is C10H8ClNO4S. The molecule has 0 saturated heterocycles. The van der Waals surface area contributed by atoms with E-state index in [1.165, 1.54) is 25.1 Å². The molecule has 1 amide bonds. The second-order valence-electron chi connectivity index (χ2n) is 3.63. The van der Waals surface area contributed by atoms with Crippen LogP contribution in [0.3, 0.4) is 0 Å². The molecule has 0 bridgehead atoms. The van der Waals surface area contributed by atoms with E-state index in [4.69, 9.17) is 11.6 Å². The van der Waals surface area contributed by atoms with Crippen LogP contribution >= 0.6 is 11.6 Å². The topological polar surface area (TPSA) is 71.5 Å². The smallest absolute Gasteiger partial charge is 0.270 e. The monoisotopic (exact) mass is 273 g/mol. The Hall–Kier alpha value is -1.40. The van der Waals surface area contributed by atoms with Crippen molar-refractivity contribution >= 4 is 33.3 Å². The Morgan fingerprint density at radius 1 is 1.41 bits per heavy atom. The van der Waals surface area contributed by atoms with E-state index in [2.05, 4.69) is 0 Å². The fraction of sp³-hybridized carbons (Fsp3) is 0.200. The van der Waals surface area contributed by atoms with Gasteiger partial charge in [0.2, 0.25) is 0 Å². The largest absolute Gasteiger partial charge is 0.298 e. The summed E-state index contributed by atoms with van der Waals surface area (Å²) in [5, 5.41) is 0.0714. The molecule has 90 valence electrons. The van der Waals surface area contributed by atoms with Crippen molar-refractivity contribution in [2.75, 3.05) is 6.54 Å². The fourth-order valence-corrected chi connectivity index (χ4v) is 3.55. The Bertz CT molecular complexity index is 623. The summed E-state index contributed by atoms with van der Waals surface area (Å²) in [4.78, 5) is 22.7. The zero-order valence-corrected chi connectivity index (χ0v) is 10.4.